The lowest BCUT2D eigenvalue weighted by Gasteiger charge is -2.18. The van der Waals surface area contributed by atoms with Crippen LogP contribution in [-0.4, -0.2) is 44.8 Å². The van der Waals surface area contributed by atoms with E-state index in [4.69, 9.17) is 11.6 Å². The smallest absolute Gasteiger partial charge is 0.337 e. The van der Waals surface area contributed by atoms with Gasteiger partial charge in [0.05, 0.1) is 28.3 Å². The normalized spacial score (nSPS) is 11.4. The molecule has 2 rings (SSSR count). The molecule has 0 heterocycles. The van der Waals surface area contributed by atoms with E-state index in [0.29, 0.717) is 30.2 Å². The number of halogens is 1. The first-order chi connectivity index (χ1) is 14.2. The summed E-state index contributed by atoms with van der Waals surface area (Å²) in [6, 6.07) is 11.0. The molecule has 7 nitrogen and oxygen atoms in total. The van der Waals surface area contributed by atoms with Gasteiger partial charge in [0.15, 0.2) is 0 Å². The zero-order chi connectivity index (χ0) is 22.3. The van der Waals surface area contributed by atoms with Crippen molar-refractivity contribution >= 4 is 39.2 Å². The van der Waals surface area contributed by atoms with E-state index >= 15 is 0 Å². The molecule has 1 amide bonds. The first-order valence-electron chi connectivity index (χ1n) is 9.49. The van der Waals surface area contributed by atoms with Crippen molar-refractivity contribution in [2.24, 2.45) is 0 Å². The SMILES string of the molecule is CCN(CC)S(=O)(=O)c1ccc(CCC(=O)Nc2cc(C(=O)OC)ccc2Cl)cc1. The number of carbonyl (C=O) groups is 2. The molecule has 0 saturated heterocycles. The van der Waals surface area contributed by atoms with Crippen molar-refractivity contribution < 1.29 is 22.7 Å². The van der Waals surface area contributed by atoms with Crippen LogP contribution in [0.5, 0.6) is 0 Å². The fourth-order valence-corrected chi connectivity index (χ4v) is 4.50. The highest BCUT2D eigenvalue weighted by Gasteiger charge is 2.21. The van der Waals surface area contributed by atoms with E-state index in [1.54, 1.807) is 38.1 Å². The van der Waals surface area contributed by atoms with Gasteiger partial charge in [0, 0.05) is 19.5 Å². The molecule has 2 aromatic rings. The number of methoxy groups -OCH3 is 1. The second-order valence-corrected chi connectivity index (χ2v) is 8.81. The maximum absolute atomic E-state index is 12.5. The Bertz CT molecular complexity index is 1000. The molecule has 2 aromatic carbocycles. The van der Waals surface area contributed by atoms with E-state index in [0.717, 1.165) is 5.56 Å². The molecule has 0 aliphatic rings. The Hall–Kier alpha value is -2.42. The third-order valence-electron chi connectivity index (χ3n) is 4.57. The van der Waals surface area contributed by atoms with Gasteiger partial charge in [-0.1, -0.05) is 37.6 Å². The number of hydrogen-bond donors (Lipinski definition) is 1. The van der Waals surface area contributed by atoms with Gasteiger partial charge in [-0.3, -0.25) is 4.79 Å². The number of amides is 1. The van der Waals surface area contributed by atoms with Gasteiger partial charge in [-0.25, -0.2) is 13.2 Å². The Morgan fingerprint density at radius 2 is 1.70 bits per heavy atom. The maximum Gasteiger partial charge on any atom is 0.337 e. The molecule has 0 spiro atoms. The Kier molecular flexibility index (Phi) is 8.40. The zero-order valence-electron chi connectivity index (χ0n) is 17.1. The average molecular weight is 453 g/mol. The first-order valence-corrected chi connectivity index (χ1v) is 11.3. The zero-order valence-corrected chi connectivity index (χ0v) is 18.7. The summed E-state index contributed by atoms with van der Waals surface area (Å²) in [7, 11) is -2.23. The minimum Gasteiger partial charge on any atom is -0.465 e. The van der Waals surface area contributed by atoms with E-state index < -0.39 is 16.0 Å². The van der Waals surface area contributed by atoms with E-state index in [1.807, 2.05) is 0 Å². The summed E-state index contributed by atoms with van der Waals surface area (Å²) in [6.07, 6.45) is 0.590. The highest BCUT2D eigenvalue weighted by atomic mass is 35.5. The van der Waals surface area contributed by atoms with Crippen molar-refractivity contribution in [1.82, 2.24) is 4.31 Å². The van der Waals surface area contributed by atoms with Gasteiger partial charge in [-0.15, -0.1) is 0 Å². The molecule has 0 bridgehead atoms. The van der Waals surface area contributed by atoms with Gasteiger partial charge in [0.25, 0.3) is 0 Å². The predicted molar refractivity (Wildman–Crippen MR) is 116 cm³/mol. The average Bonchev–Trinajstić information content (AvgIpc) is 2.74. The third kappa shape index (κ3) is 5.81. The van der Waals surface area contributed by atoms with Gasteiger partial charge in [0.1, 0.15) is 0 Å². The second kappa shape index (κ2) is 10.6. The predicted octanol–water partition coefficient (Wildman–Crippen LogP) is 3.73. The minimum atomic E-state index is -3.51. The van der Waals surface area contributed by atoms with Crippen molar-refractivity contribution in [3.63, 3.8) is 0 Å². The topological polar surface area (TPSA) is 92.8 Å². The highest BCUT2D eigenvalue weighted by molar-refractivity contribution is 7.89. The number of hydrogen-bond acceptors (Lipinski definition) is 5. The monoisotopic (exact) mass is 452 g/mol. The van der Waals surface area contributed by atoms with Gasteiger partial charge in [0.2, 0.25) is 15.9 Å². The molecular weight excluding hydrogens is 428 g/mol. The molecule has 0 unspecified atom stereocenters. The Labute approximate surface area is 182 Å². The van der Waals surface area contributed by atoms with Crippen LogP contribution >= 0.6 is 11.6 Å². The van der Waals surface area contributed by atoms with Crippen LogP contribution in [0.4, 0.5) is 5.69 Å². The Morgan fingerprint density at radius 3 is 2.27 bits per heavy atom. The number of nitrogens with zero attached hydrogens (tertiary/aromatic N) is 1. The third-order valence-corrected chi connectivity index (χ3v) is 6.96. The standard InChI is InChI=1S/C21H25ClN2O5S/c1-4-24(5-2)30(27,28)17-10-6-15(7-11-17)8-13-20(25)23-19-14-16(21(26)29-3)9-12-18(19)22/h6-7,9-12,14H,4-5,8,13H2,1-3H3,(H,23,25). The summed E-state index contributed by atoms with van der Waals surface area (Å²) in [4.78, 5) is 24.1. The van der Waals surface area contributed by atoms with E-state index in [2.05, 4.69) is 10.1 Å². The number of carbonyl (C=O) groups excluding carboxylic acids is 2. The maximum atomic E-state index is 12.5. The van der Waals surface area contributed by atoms with Gasteiger partial charge < -0.3 is 10.1 Å². The fraction of sp³-hybridized carbons (Fsp3) is 0.333. The van der Waals surface area contributed by atoms with Crippen LogP contribution in [0.1, 0.15) is 36.2 Å². The van der Waals surface area contributed by atoms with E-state index in [9.17, 15) is 18.0 Å². The fourth-order valence-electron chi connectivity index (χ4n) is 2.88. The van der Waals surface area contributed by atoms with Gasteiger partial charge >= 0.3 is 5.97 Å². The molecule has 9 heteroatoms. The summed E-state index contributed by atoms with van der Waals surface area (Å²) < 4.78 is 31.1. The summed E-state index contributed by atoms with van der Waals surface area (Å²) in [5.41, 5.74) is 1.44. The summed E-state index contributed by atoms with van der Waals surface area (Å²) >= 11 is 6.09. The van der Waals surface area contributed by atoms with Crippen LogP contribution in [0.25, 0.3) is 0 Å². The Balaban J connectivity index is 2.01. The van der Waals surface area contributed by atoms with Gasteiger partial charge in [-0.2, -0.15) is 4.31 Å². The van der Waals surface area contributed by atoms with Crippen molar-refractivity contribution in [3.8, 4) is 0 Å². The van der Waals surface area contributed by atoms with Crippen LogP contribution in [0, 0.1) is 0 Å². The van der Waals surface area contributed by atoms with Crippen LogP contribution < -0.4 is 5.32 Å². The molecule has 162 valence electrons. The Morgan fingerprint density at radius 1 is 1.07 bits per heavy atom. The second-order valence-electron chi connectivity index (χ2n) is 6.47. The lowest BCUT2D eigenvalue weighted by molar-refractivity contribution is -0.116. The van der Waals surface area contributed by atoms with Crippen molar-refractivity contribution in [3.05, 3.63) is 58.6 Å². The molecule has 1 N–H and O–H groups in total. The number of aryl methyl sites for hydroxylation is 1. The van der Waals surface area contributed by atoms with E-state index in [1.165, 1.54) is 29.6 Å². The highest BCUT2D eigenvalue weighted by Crippen LogP contribution is 2.24. The number of anilines is 1. The van der Waals surface area contributed by atoms with Crippen molar-refractivity contribution in [1.29, 1.82) is 0 Å². The number of sulfonamides is 1. The molecule has 0 saturated carbocycles. The molecular formula is C21H25ClN2O5S. The van der Waals surface area contributed by atoms with Crippen LogP contribution in [-0.2, 0) is 26.0 Å². The number of rotatable bonds is 9. The van der Waals surface area contributed by atoms with Crippen molar-refractivity contribution in [2.75, 3.05) is 25.5 Å². The summed E-state index contributed by atoms with van der Waals surface area (Å²) in [6.45, 7) is 4.39. The summed E-state index contributed by atoms with van der Waals surface area (Å²) in [5, 5.41) is 2.99. The quantitative estimate of drug-likeness (QED) is 0.585. The van der Waals surface area contributed by atoms with Crippen LogP contribution in [0.2, 0.25) is 5.02 Å². The lowest BCUT2D eigenvalue weighted by atomic mass is 10.1. The first kappa shape index (κ1) is 23.9. The number of esters is 1. The van der Waals surface area contributed by atoms with Crippen LogP contribution in [0.3, 0.4) is 0 Å². The largest absolute Gasteiger partial charge is 0.465 e. The summed E-state index contributed by atoms with van der Waals surface area (Å²) in [5.74, 6) is -0.805. The lowest BCUT2D eigenvalue weighted by Crippen LogP contribution is -2.30. The number of ether oxygens (including phenoxy) is 1. The molecule has 0 aromatic heterocycles. The molecule has 0 aliphatic heterocycles. The molecule has 0 fully saturated rings. The van der Waals surface area contributed by atoms with Crippen molar-refractivity contribution in [2.45, 2.75) is 31.6 Å². The van der Waals surface area contributed by atoms with Crippen LogP contribution in [0.15, 0.2) is 47.4 Å². The van der Waals surface area contributed by atoms with Gasteiger partial charge in [-0.05, 0) is 42.3 Å². The molecule has 0 atom stereocenters. The molecule has 30 heavy (non-hydrogen) atoms. The number of nitrogens with one attached hydrogen (secondary N) is 1. The minimum absolute atomic E-state index is 0.168. The number of benzene rings is 2. The van der Waals surface area contributed by atoms with E-state index in [-0.39, 0.29) is 22.8 Å². The molecule has 0 radical (unpaired) electrons. The molecule has 0 aliphatic carbocycles.